The van der Waals surface area contributed by atoms with E-state index in [0.29, 0.717) is 19.4 Å². The molecule has 0 saturated carbocycles. The fourth-order valence-electron chi connectivity index (χ4n) is 1.68. The Morgan fingerprint density at radius 2 is 1.64 bits per heavy atom. The zero-order valence-electron chi connectivity index (χ0n) is 14.3. The molecule has 0 aromatic carbocycles. The van der Waals surface area contributed by atoms with Crippen LogP contribution in [0.5, 0.6) is 0 Å². The van der Waals surface area contributed by atoms with Crippen LogP contribution >= 0.6 is 0 Å². The van der Waals surface area contributed by atoms with Crippen molar-refractivity contribution in [3.8, 4) is 0 Å². The Bertz CT molecular complexity index is 426. The molecule has 1 atom stereocenters. The van der Waals surface area contributed by atoms with Crippen molar-refractivity contribution in [2.75, 3.05) is 13.7 Å². The van der Waals surface area contributed by atoms with Gasteiger partial charge in [-0.15, -0.1) is 0 Å². The number of methoxy groups -OCH3 is 1. The molecule has 0 aliphatic carbocycles. The molecule has 1 rings (SSSR count). The first kappa shape index (κ1) is 18.8. The number of rotatable bonds is 9. The van der Waals surface area contributed by atoms with Gasteiger partial charge in [-0.25, -0.2) is 9.78 Å². The van der Waals surface area contributed by atoms with E-state index in [2.05, 4.69) is 0 Å². The molecule has 0 fully saturated rings. The fourth-order valence-corrected chi connectivity index (χ4v) is 1.68. The minimum atomic E-state index is -0.925. The monoisotopic (exact) mass is 313 g/mol. The molecule has 0 saturated heterocycles. The summed E-state index contributed by atoms with van der Waals surface area (Å²) in [4.78, 5) is 35.2. The highest BCUT2D eigenvalue weighted by molar-refractivity contribution is 6.12. The lowest BCUT2D eigenvalue weighted by Crippen LogP contribution is -2.39. The number of imide groups is 1. The van der Waals surface area contributed by atoms with Gasteiger partial charge in [-0.05, 0) is 33.1 Å². The minimum absolute atomic E-state index is 0.276. The zero-order chi connectivity index (χ0) is 17.0. The first-order valence-corrected chi connectivity index (χ1v) is 7.57. The van der Waals surface area contributed by atoms with E-state index in [1.807, 2.05) is 27.7 Å². The van der Waals surface area contributed by atoms with Crippen LogP contribution in [0.3, 0.4) is 0 Å². The largest absolute Gasteiger partial charge is 0.351 e. The molecule has 22 heavy (non-hydrogen) atoms. The second-order valence-corrected chi connectivity index (χ2v) is 6.53. The number of carbonyl (C=O) groups is 2. The Morgan fingerprint density at radius 1 is 1.09 bits per heavy atom. The Morgan fingerprint density at radius 3 is 2.09 bits per heavy atom. The highest BCUT2D eigenvalue weighted by Crippen LogP contribution is 2.26. The van der Waals surface area contributed by atoms with Crippen molar-refractivity contribution in [1.29, 1.82) is 0 Å². The molecule has 6 nitrogen and oxygen atoms in total. The van der Waals surface area contributed by atoms with Gasteiger partial charge in [0.05, 0.1) is 0 Å². The summed E-state index contributed by atoms with van der Waals surface area (Å²) in [5.74, 6) is -1.20. The molecule has 0 aromatic rings. The fraction of sp³-hybridized carbons (Fsp3) is 0.750. The topological polar surface area (TPSA) is 65.1 Å². The predicted octanol–water partition coefficient (Wildman–Crippen LogP) is 2.44. The third-order valence-electron chi connectivity index (χ3n) is 4.17. The second-order valence-electron chi connectivity index (χ2n) is 6.53. The van der Waals surface area contributed by atoms with Crippen LogP contribution in [-0.2, 0) is 24.1 Å². The molecule has 0 aromatic heterocycles. The maximum absolute atomic E-state index is 11.5. The van der Waals surface area contributed by atoms with Crippen molar-refractivity contribution in [3.05, 3.63) is 12.2 Å². The van der Waals surface area contributed by atoms with Gasteiger partial charge in [-0.3, -0.25) is 14.5 Å². The summed E-state index contributed by atoms with van der Waals surface area (Å²) < 4.78 is 5.38. The number of nitrogens with zero attached hydrogens (tertiary/aromatic N) is 1. The van der Waals surface area contributed by atoms with Crippen molar-refractivity contribution in [1.82, 2.24) is 4.90 Å². The lowest BCUT2D eigenvalue weighted by atomic mass is 9.95. The van der Waals surface area contributed by atoms with E-state index >= 15 is 0 Å². The van der Waals surface area contributed by atoms with Crippen molar-refractivity contribution in [3.63, 3.8) is 0 Å². The van der Waals surface area contributed by atoms with Crippen LogP contribution in [0.25, 0.3) is 0 Å². The molecule has 0 bridgehead atoms. The van der Waals surface area contributed by atoms with Crippen molar-refractivity contribution in [2.45, 2.75) is 58.8 Å². The summed E-state index contributed by atoms with van der Waals surface area (Å²) in [6.07, 6.45) is 3.62. The molecule has 1 heterocycles. The molecule has 1 aliphatic heterocycles. The number of hydrogen-bond acceptors (Lipinski definition) is 5. The smallest absolute Gasteiger partial charge is 0.253 e. The van der Waals surface area contributed by atoms with Gasteiger partial charge in [0.2, 0.25) is 0 Å². The Labute approximate surface area is 132 Å². The SMILES string of the molecule is COC(C)(CCCN1C(=O)C=CC1=O)OOC(C)(C)C(C)C. The van der Waals surface area contributed by atoms with Crippen LogP contribution in [0.2, 0.25) is 0 Å². The lowest BCUT2D eigenvalue weighted by Gasteiger charge is -2.34. The molecule has 2 amide bonds. The van der Waals surface area contributed by atoms with Crippen LogP contribution in [0.1, 0.15) is 47.5 Å². The first-order chi connectivity index (χ1) is 10.1. The lowest BCUT2D eigenvalue weighted by molar-refractivity contribution is -0.460. The maximum atomic E-state index is 11.5. The van der Waals surface area contributed by atoms with E-state index in [0.717, 1.165) is 0 Å². The standard InChI is InChI=1S/C16H27NO5/c1-12(2)15(3,4)21-22-16(5,20-6)10-7-11-17-13(18)8-9-14(17)19/h8-9,12H,7,10-11H2,1-6H3. The van der Waals surface area contributed by atoms with Crippen molar-refractivity contribution >= 4 is 11.8 Å². The summed E-state index contributed by atoms with van der Waals surface area (Å²) in [5.41, 5.74) is -0.440. The van der Waals surface area contributed by atoms with Crippen molar-refractivity contribution in [2.24, 2.45) is 5.92 Å². The van der Waals surface area contributed by atoms with E-state index in [1.165, 1.54) is 17.1 Å². The van der Waals surface area contributed by atoms with Gasteiger partial charge in [0.25, 0.3) is 11.8 Å². The quantitative estimate of drug-likeness (QED) is 0.283. The average molecular weight is 313 g/mol. The number of ether oxygens (including phenoxy) is 1. The predicted molar refractivity (Wildman–Crippen MR) is 81.6 cm³/mol. The Hall–Kier alpha value is -1.24. The number of carbonyl (C=O) groups excluding carboxylic acids is 2. The Kier molecular flexibility index (Phi) is 6.28. The zero-order valence-corrected chi connectivity index (χ0v) is 14.3. The van der Waals surface area contributed by atoms with E-state index in [4.69, 9.17) is 14.5 Å². The van der Waals surface area contributed by atoms with E-state index in [9.17, 15) is 9.59 Å². The average Bonchev–Trinajstić information content (AvgIpc) is 2.77. The van der Waals surface area contributed by atoms with Crippen LogP contribution < -0.4 is 0 Å². The molecule has 1 aliphatic rings. The van der Waals surface area contributed by atoms with Gasteiger partial charge < -0.3 is 4.74 Å². The molecule has 126 valence electrons. The van der Waals surface area contributed by atoms with Crippen LogP contribution in [-0.4, -0.2) is 41.8 Å². The minimum Gasteiger partial charge on any atom is -0.351 e. The van der Waals surface area contributed by atoms with Gasteiger partial charge in [0, 0.05) is 32.2 Å². The molecule has 0 spiro atoms. The van der Waals surface area contributed by atoms with Gasteiger partial charge in [-0.2, -0.15) is 0 Å². The molecular formula is C16H27NO5. The summed E-state index contributed by atoms with van der Waals surface area (Å²) in [6.45, 7) is 10.1. The van der Waals surface area contributed by atoms with Gasteiger partial charge in [0.1, 0.15) is 5.60 Å². The third kappa shape index (κ3) is 4.90. The molecular weight excluding hydrogens is 286 g/mol. The number of hydrogen-bond donors (Lipinski definition) is 0. The van der Waals surface area contributed by atoms with E-state index in [-0.39, 0.29) is 17.7 Å². The van der Waals surface area contributed by atoms with E-state index < -0.39 is 11.4 Å². The van der Waals surface area contributed by atoms with Gasteiger partial charge in [-0.1, -0.05) is 13.8 Å². The van der Waals surface area contributed by atoms with Gasteiger partial charge >= 0.3 is 0 Å². The first-order valence-electron chi connectivity index (χ1n) is 7.57. The summed E-state index contributed by atoms with van der Waals surface area (Å²) in [6, 6.07) is 0. The number of amides is 2. The van der Waals surface area contributed by atoms with Crippen LogP contribution in [0, 0.1) is 5.92 Å². The molecule has 0 radical (unpaired) electrons. The molecule has 6 heteroatoms. The second kappa shape index (κ2) is 7.35. The van der Waals surface area contributed by atoms with E-state index in [1.54, 1.807) is 14.0 Å². The normalized spacial score (nSPS) is 18.4. The van der Waals surface area contributed by atoms with Crippen molar-refractivity contribution < 1.29 is 24.1 Å². The van der Waals surface area contributed by atoms with Crippen LogP contribution in [0.4, 0.5) is 0 Å². The highest BCUT2D eigenvalue weighted by atomic mass is 17.2. The molecule has 0 N–H and O–H groups in total. The Balaban J connectivity index is 2.46. The molecule has 1 unspecified atom stereocenters. The maximum Gasteiger partial charge on any atom is 0.253 e. The third-order valence-corrected chi connectivity index (χ3v) is 4.17. The van der Waals surface area contributed by atoms with Gasteiger partial charge in [0.15, 0.2) is 5.79 Å². The summed E-state index contributed by atoms with van der Waals surface area (Å²) in [7, 11) is 1.54. The summed E-state index contributed by atoms with van der Waals surface area (Å²) in [5, 5.41) is 0. The van der Waals surface area contributed by atoms with Crippen LogP contribution in [0.15, 0.2) is 12.2 Å². The highest BCUT2D eigenvalue weighted by Gasteiger charge is 2.33. The summed E-state index contributed by atoms with van der Waals surface area (Å²) >= 11 is 0.